The Bertz CT molecular complexity index is 834. The zero-order valence-electron chi connectivity index (χ0n) is 12.7. The molecule has 0 fully saturated rings. The molecule has 0 bridgehead atoms. The topological polar surface area (TPSA) is 69.6 Å². The molecule has 0 aromatic heterocycles. The van der Waals surface area contributed by atoms with Crippen molar-refractivity contribution in [3.63, 3.8) is 0 Å². The molecule has 0 atom stereocenters. The van der Waals surface area contributed by atoms with E-state index in [9.17, 15) is 13.5 Å². The average Bonchev–Trinajstić information content (AvgIpc) is 2.45. The summed E-state index contributed by atoms with van der Waals surface area (Å²) in [4.78, 5) is 0. The van der Waals surface area contributed by atoms with Gasteiger partial charge in [0.2, 0.25) is 0 Å². The van der Waals surface area contributed by atoms with Crippen molar-refractivity contribution in [2.75, 3.05) is 0 Å². The van der Waals surface area contributed by atoms with Gasteiger partial charge in [0.05, 0.1) is 5.41 Å². The molecule has 23 heavy (non-hydrogen) atoms. The molecular weight excluding hydrogens is 389 g/mol. The molecule has 2 aromatic rings. The second-order valence-electron chi connectivity index (χ2n) is 4.61. The Morgan fingerprint density at radius 2 is 1.83 bits per heavy atom. The minimum absolute atomic E-state index is 0. The average molecular weight is 402 g/mol. The van der Waals surface area contributed by atoms with E-state index in [0.29, 0.717) is 10.0 Å². The van der Waals surface area contributed by atoms with Crippen LogP contribution >= 0.6 is 15.9 Å². The van der Waals surface area contributed by atoms with Gasteiger partial charge in [-0.15, -0.1) is 0 Å². The van der Waals surface area contributed by atoms with Crippen LogP contribution in [0.25, 0.3) is 6.08 Å². The van der Waals surface area contributed by atoms with Gasteiger partial charge in [0, 0.05) is 15.9 Å². The summed E-state index contributed by atoms with van der Waals surface area (Å²) in [5, 5.41) is 12.9. The Kier molecular flexibility index (Phi) is 7.70. The number of benzene rings is 2. The van der Waals surface area contributed by atoms with Gasteiger partial charge in [0.15, 0.2) is 0 Å². The Labute approximate surface area is 166 Å². The number of nitrogens with zero attached hydrogens (tertiary/aromatic N) is 1. The summed E-state index contributed by atoms with van der Waals surface area (Å²) in [6.07, 6.45) is 1.40. The van der Waals surface area contributed by atoms with Crippen LogP contribution in [-0.4, -0.2) is 14.3 Å². The molecule has 0 N–H and O–H groups in total. The first kappa shape index (κ1) is 20.1. The van der Waals surface area contributed by atoms with E-state index in [4.69, 9.17) is 0 Å². The Morgan fingerprint density at radius 1 is 1.17 bits per heavy atom. The fourth-order valence-electron chi connectivity index (χ4n) is 1.72. The molecule has 0 aliphatic heterocycles. The molecule has 0 saturated heterocycles. The second kappa shape index (κ2) is 8.80. The summed E-state index contributed by atoms with van der Waals surface area (Å²) in [5.41, 5.74) is 1.88. The maximum atomic E-state index is 12.0. The summed E-state index contributed by atoms with van der Waals surface area (Å²) >= 11 is 3.24. The Hall–Kier alpha value is -0.920. The molecule has 0 radical (unpaired) electrons. The number of hydrogen-bond acceptors (Lipinski definition) is 3. The number of halogens is 1. The molecule has 0 aliphatic rings. The maximum absolute atomic E-state index is 12.0. The van der Waals surface area contributed by atoms with Gasteiger partial charge in [0.1, 0.15) is 0 Å². The molecule has 4 nitrogen and oxygen atoms in total. The van der Waals surface area contributed by atoms with Crippen LogP contribution in [0, 0.1) is 6.92 Å². The van der Waals surface area contributed by atoms with E-state index in [1.807, 2.05) is 13.0 Å². The predicted octanol–water partition coefficient (Wildman–Crippen LogP) is -0.131. The maximum Gasteiger partial charge on any atom is 1.00 e. The molecule has 0 unspecified atom stereocenters. The molecule has 2 rings (SSSR count). The number of sulfonamides is 1. The van der Waals surface area contributed by atoms with Crippen molar-refractivity contribution < 1.29 is 43.1 Å². The molecular formula is C16H13BrNNaO3S. The first-order valence-corrected chi connectivity index (χ1v) is 8.69. The molecule has 0 heterocycles. The third kappa shape index (κ3) is 6.24. The van der Waals surface area contributed by atoms with Crippen LogP contribution in [0.5, 0.6) is 0 Å². The van der Waals surface area contributed by atoms with E-state index < -0.39 is 15.9 Å². The van der Waals surface area contributed by atoms with Crippen molar-refractivity contribution in [3.05, 3.63) is 75.1 Å². The van der Waals surface area contributed by atoms with Gasteiger partial charge in [0.25, 0.3) is 10.0 Å². The minimum Gasteiger partial charge on any atom is -0.858 e. The second-order valence-corrected chi connectivity index (χ2v) is 6.95. The van der Waals surface area contributed by atoms with E-state index in [1.54, 1.807) is 42.5 Å². The fourth-order valence-corrected chi connectivity index (χ4v) is 3.10. The van der Waals surface area contributed by atoms with Crippen LogP contribution in [0.3, 0.4) is 0 Å². The van der Waals surface area contributed by atoms with Crippen molar-refractivity contribution in [1.82, 2.24) is 0 Å². The zero-order chi connectivity index (χ0) is 16.2. The van der Waals surface area contributed by atoms with Crippen LogP contribution in [0.2, 0.25) is 0 Å². The van der Waals surface area contributed by atoms with Crippen LogP contribution in [0.15, 0.2) is 62.8 Å². The largest absolute Gasteiger partial charge is 1.00 e. The molecule has 0 aliphatic carbocycles. The monoisotopic (exact) mass is 401 g/mol. The third-order valence-electron chi connectivity index (χ3n) is 2.80. The van der Waals surface area contributed by atoms with Crippen LogP contribution < -0.4 is 34.7 Å². The van der Waals surface area contributed by atoms with Gasteiger partial charge < -0.3 is 5.11 Å². The molecule has 0 saturated carbocycles. The number of hydrogen-bond donors (Lipinski definition) is 0. The SMILES string of the molecule is Cc1ccc(/C([O-])=N/S(=O)(=O)/C=C/c2ccccc2)c(Br)c1.[Na+]. The summed E-state index contributed by atoms with van der Waals surface area (Å²) in [6, 6.07) is 13.9. The molecule has 0 amide bonds. The predicted molar refractivity (Wildman–Crippen MR) is 89.8 cm³/mol. The first-order valence-electron chi connectivity index (χ1n) is 6.39. The first-order chi connectivity index (χ1) is 10.4. The van der Waals surface area contributed by atoms with Gasteiger partial charge >= 0.3 is 29.6 Å². The van der Waals surface area contributed by atoms with E-state index in [1.165, 1.54) is 6.08 Å². The Balaban J connectivity index is 0.00000264. The summed E-state index contributed by atoms with van der Waals surface area (Å²) in [6.45, 7) is 1.87. The van der Waals surface area contributed by atoms with Crippen molar-refractivity contribution in [2.24, 2.45) is 4.40 Å². The molecule has 2 aromatic carbocycles. The standard InChI is InChI=1S/C16H14BrNO3S.Na/c1-12-7-8-14(15(17)11-12)16(19)18-22(20,21)10-9-13-5-3-2-4-6-13;/h2-11H,1H3,(H,18,19);/q;+1/p-1/b10-9+;. The van der Waals surface area contributed by atoms with Crippen molar-refractivity contribution in [2.45, 2.75) is 6.92 Å². The molecule has 114 valence electrons. The van der Waals surface area contributed by atoms with Crippen LogP contribution in [0.4, 0.5) is 0 Å². The normalized spacial score (nSPS) is 12.2. The van der Waals surface area contributed by atoms with Gasteiger partial charge in [-0.1, -0.05) is 58.4 Å². The van der Waals surface area contributed by atoms with Crippen molar-refractivity contribution >= 4 is 37.9 Å². The van der Waals surface area contributed by atoms with E-state index in [0.717, 1.165) is 11.0 Å². The molecule has 0 spiro atoms. The van der Waals surface area contributed by atoms with E-state index in [-0.39, 0.29) is 35.1 Å². The van der Waals surface area contributed by atoms with Gasteiger partial charge in [-0.25, -0.2) is 0 Å². The summed E-state index contributed by atoms with van der Waals surface area (Å²) in [7, 11) is -3.98. The minimum atomic E-state index is -3.98. The van der Waals surface area contributed by atoms with Crippen molar-refractivity contribution in [3.8, 4) is 0 Å². The van der Waals surface area contributed by atoms with Gasteiger partial charge in [-0.05, 0) is 30.2 Å². The zero-order valence-corrected chi connectivity index (χ0v) is 17.1. The van der Waals surface area contributed by atoms with E-state index in [2.05, 4.69) is 20.3 Å². The quantitative estimate of drug-likeness (QED) is 0.407. The van der Waals surface area contributed by atoms with Crippen LogP contribution in [-0.2, 0) is 10.0 Å². The third-order valence-corrected chi connectivity index (χ3v) is 4.35. The fraction of sp³-hybridized carbons (Fsp3) is 0.0625. The number of aryl methyl sites for hydroxylation is 1. The Morgan fingerprint density at radius 3 is 2.43 bits per heavy atom. The van der Waals surface area contributed by atoms with Crippen LogP contribution in [0.1, 0.15) is 16.7 Å². The smallest absolute Gasteiger partial charge is 0.858 e. The van der Waals surface area contributed by atoms with Gasteiger partial charge in [-0.3, -0.25) is 0 Å². The summed E-state index contributed by atoms with van der Waals surface area (Å²) < 4.78 is 27.6. The van der Waals surface area contributed by atoms with Gasteiger partial charge in [-0.2, -0.15) is 12.8 Å². The van der Waals surface area contributed by atoms with E-state index >= 15 is 0 Å². The summed E-state index contributed by atoms with van der Waals surface area (Å²) in [5.74, 6) is -0.801. The van der Waals surface area contributed by atoms with Crippen molar-refractivity contribution in [1.29, 1.82) is 0 Å². The number of rotatable bonds is 4. The molecule has 7 heteroatoms.